The number of unbranched alkanes of at least 4 members (excludes halogenated alkanes) is 5. The third-order valence-electron chi connectivity index (χ3n) is 9.06. The molecule has 0 radical (unpaired) electrons. The van der Waals surface area contributed by atoms with E-state index in [2.05, 4.69) is 27.8 Å². The molecule has 280 valence electrons. The van der Waals surface area contributed by atoms with Crippen molar-refractivity contribution in [2.24, 2.45) is 0 Å². The zero-order valence-electron chi connectivity index (χ0n) is 28.9. The number of amides is 3. The molecule has 14 nitrogen and oxygen atoms in total. The molecule has 1 saturated heterocycles. The Morgan fingerprint density at radius 1 is 0.918 bits per heavy atom. The molecule has 10 N–H and O–H groups in total. The molecule has 0 bridgehead atoms. The minimum absolute atomic E-state index is 0.0607. The van der Waals surface area contributed by atoms with Crippen molar-refractivity contribution in [3.8, 4) is 5.75 Å². The Labute approximate surface area is 294 Å². The maximum atomic E-state index is 12.9. The number of likely N-dealkylation sites (tertiary alicyclic amines) is 1. The van der Waals surface area contributed by atoms with Crippen molar-refractivity contribution in [3.63, 3.8) is 0 Å². The van der Waals surface area contributed by atoms with Crippen molar-refractivity contribution >= 4 is 35.0 Å². The van der Waals surface area contributed by atoms with Gasteiger partial charge in [-0.15, -0.1) is 0 Å². The van der Waals surface area contributed by atoms with Gasteiger partial charge in [0, 0.05) is 57.2 Å². The van der Waals surface area contributed by atoms with Crippen molar-refractivity contribution in [1.82, 2.24) is 20.9 Å². The molecule has 1 aromatic carbocycles. The fraction of sp³-hybridized carbons (Fsp3) is 0.735. The van der Waals surface area contributed by atoms with Crippen molar-refractivity contribution in [2.45, 2.75) is 120 Å². The van der Waals surface area contributed by atoms with Crippen LogP contribution in [-0.4, -0.2) is 125 Å². The number of benzene rings is 1. The third-order valence-corrected chi connectivity index (χ3v) is 9.39. The number of nitrogens with two attached hydrogens (primary N) is 1. The molecule has 1 unspecified atom stereocenters. The van der Waals surface area contributed by atoms with Gasteiger partial charge >= 0.3 is 0 Å². The Morgan fingerprint density at radius 3 is 2.16 bits per heavy atom. The minimum Gasteiger partial charge on any atom is -0.496 e. The van der Waals surface area contributed by atoms with Crippen LogP contribution in [0.2, 0.25) is 5.02 Å². The second kappa shape index (κ2) is 22.9. The number of rotatable bonds is 23. The number of piperidine rings is 1. The minimum atomic E-state index is -1.73. The van der Waals surface area contributed by atoms with E-state index in [1.165, 1.54) is 13.2 Å². The second-order valence-electron chi connectivity index (χ2n) is 12.9. The monoisotopic (exact) mass is 715 g/mol. The van der Waals surface area contributed by atoms with Gasteiger partial charge in [-0.05, 0) is 51.5 Å². The van der Waals surface area contributed by atoms with Gasteiger partial charge in [-0.2, -0.15) is 0 Å². The zero-order chi connectivity index (χ0) is 36.3. The first-order valence-electron chi connectivity index (χ1n) is 17.4. The topological polar surface area (TPSA) is 227 Å². The van der Waals surface area contributed by atoms with Crippen LogP contribution in [0.1, 0.15) is 94.3 Å². The molecule has 0 aromatic heterocycles. The summed E-state index contributed by atoms with van der Waals surface area (Å²) in [6.45, 7) is 3.56. The van der Waals surface area contributed by atoms with Gasteiger partial charge in [0.2, 0.25) is 11.8 Å². The number of anilines is 1. The van der Waals surface area contributed by atoms with E-state index in [-0.39, 0.29) is 36.7 Å². The lowest BCUT2D eigenvalue weighted by atomic mass is 10.0. The highest BCUT2D eigenvalue weighted by Gasteiger charge is 2.30. The average molecular weight is 716 g/mol. The van der Waals surface area contributed by atoms with E-state index in [1.807, 2.05) is 0 Å². The summed E-state index contributed by atoms with van der Waals surface area (Å²) in [7, 11) is 1.49. The molecule has 1 aliphatic rings. The van der Waals surface area contributed by atoms with E-state index in [0.717, 1.165) is 70.9 Å². The van der Waals surface area contributed by atoms with Crippen LogP contribution in [-0.2, 0) is 9.59 Å². The normalized spacial score (nSPS) is 17.1. The van der Waals surface area contributed by atoms with Gasteiger partial charge in [-0.25, -0.2) is 0 Å². The van der Waals surface area contributed by atoms with Crippen molar-refractivity contribution in [1.29, 1.82) is 0 Å². The second-order valence-corrected chi connectivity index (χ2v) is 13.3. The fourth-order valence-electron chi connectivity index (χ4n) is 5.82. The molecule has 2 rings (SSSR count). The summed E-state index contributed by atoms with van der Waals surface area (Å²) >= 11 is 6.12. The van der Waals surface area contributed by atoms with Gasteiger partial charge in [0.25, 0.3) is 5.91 Å². The number of aliphatic hydroxyl groups is 5. The Balaban J connectivity index is 1.47. The molecule has 3 amide bonds. The molecule has 1 aromatic rings. The highest BCUT2D eigenvalue weighted by atomic mass is 35.5. The smallest absolute Gasteiger partial charge is 0.255 e. The molecule has 1 aliphatic heterocycles. The summed E-state index contributed by atoms with van der Waals surface area (Å²) in [6, 6.07) is 3.56. The zero-order valence-corrected chi connectivity index (χ0v) is 29.7. The summed E-state index contributed by atoms with van der Waals surface area (Å²) in [6.07, 6.45) is 2.97. The maximum absolute atomic E-state index is 12.9. The lowest BCUT2D eigenvalue weighted by molar-refractivity contribution is -0.126. The van der Waals surface area contributed by atoms with Crippen LogP contribution in [0.5, 0.6) is 5.75 Å². The molecule has 5 atom stereocenters. The van der Waals surface area contributed by atoms with Crippen LogP contribution in [0, 0.1) is 0 Å². The number of methoxy groups -OCH3 is 1. The maximum Gasteiger partial charge on any atom is 0.255 e. The number of nitrogen functional groups attached to an aromatic ring is 1. The summed E-state index contributed by atoms with van der Waals surface area (Å²) in [5.74, 6) is -0.0627. The summed E-state index contributed by atoms with van der Waals surface area (Å²) in [4.78, 5) is 39.5. The largest absolute Gasteiger partial charge is 0.496 e. The Bertz CT molecular complexity index is 1160. The van der Waals surface area contributed by atoms with Crippen molar-refractivity contribution in [2.75, 3.05) is 45.6 Å². The molecule has 49 heavy (non-hydrogen) atoms. The van der Waals surface area contributed by atoms with Gasteiger partial charge in [-0.3, -0.25) is 14.4 Å². The van der Waals surface area contributed by atoms with E-state index in [9.17, 15) is 34.8 Å². The van der Waals surface area contributed by atoms with Crippen molar-refractivity contribution in [3.05, 3.63) is 22.7 Å². The molecule has 0 saturated carbocycles. The van der Waals surface area contributed by atoms with Gasteiger partial charge in [0.15, 0.2) is 0 Å². The number of carbonyl (C=O) groups excluding carboxylic acids is 3. The molecule has 0 aliphatic carbocycles. The number of carbonyl (C=O) groups is 3. The first-order chi connectivity index (χ1) is 23.4. The predicted octanol–water partition coefficient (Wildman–Crippen LogP) is 1.08. The Kier molecular flexibility index (Phi) is 19.8. The first-order valence-corrected chi connectivity index (χ1v) is 17.8. The van der Waals surface area contributed by atoms with E-state index in [0.29, 0.717) is 47.5 Å². The third kappa shape index (κ3) is 15.4. The Morgan fingerprint density at radius 2 is 1.51 bits per heavy atom. The lowest BCUT2D eigenvalue weighted by Gasteiger charge is -2.36. The molecule has 1 heterocycles. The molecule has 0 spiro atoms. The van der Waals surface area contributed by atoms with Gasteiger partial charge in [-0.1, -0.05) is 37.3 Å². The average Bonchev–Trinajstić information content (AvgIpc) is 3.10. The van der Waals surface area contributed by atoms with Crippen LogP contribution < -0.4 is 26.4 Å². The number of nitrogens with zero attached hydrogens (tertiary/aromatic N) is 1. The first kappa shape index (κ1) is 42.4. The summed E-state index contributed by atoms with van der Waals surface area (Å²) in [5, 5.41) is 56.3. The van der Waals surface area contributed by atoms with Crippen LogP contribution in [0.3, 0.4) is 0 Å². The van der Waals surface area contributed by atoms with Crippen molar-refractivity contribution < 1.29 is 44.7 Å². The van der Waals surface area contributed by atoms with Crippen LogP contribution in [0.25, 0.3) is 0 Å². The van der Waals surface area contributed by atoms with Gasteiger partial charge in [0.1, 0.15) is 24.1 Å². The molecule has 1 fully saturated rings. The summed E-state index contributed by atoms with van der Waals surface area (Å²) < 4.78 is 5.31. The number of hydrogen-bond donors (Lipinski definition) is 9. The number of nitrogens with one attached hydrogen (secondary N) is 3. The highest BCUT2D eigenvalue weighted by Crippen LogP contribution is 2.29. The summed E-state index contributed by atoms with van der Waals surface area (Å²) in [5.41, 5.74) is 6.56. The predicted molar refractivity (Wildman–Crippen MR) is 187 cm³/mol. The highest BCUT2D eigenvalue weighted by molar-refractivity contribution is 6.33. The molecular weight excluding hydrogens is 658 g/mol. The van der Waals surface area contributed by atoms with Gasteiger partial charge in [0.05, 0.1) is 36.1 Å². The van der Waals surface area contributed by atoms with E-state index < -0.39 is 31.0 Å². The Hall–Kier alpha value is -2.72. The van der Waals surface area contributed by atoms with E-state index in [1.54, 1.807) is 6.07 Å². The van der Waals surface area contributed by atoms with Crippen LogP contribution in [0.15, 0.2) is 12.1 Å². The van der Waals surface area contributed by atoms with E-state index in [4.69, 9.17) is 27.2 Å². The SMILES string of the molecule is COc1cc(N)c(Cl)cc1C(=O)NC1CCN(C(C)CCCCC(=O)NCCCCCCCC(=O)NC[C@H](O)[C@@H](O)[C@H](O)[C@H](O)CO)CC1. The van der Waals surface area contributed by atoms with E-state index >= 15 is 0 Å². The number of aliphatic hydroxyl groups excluding tert-OH is 5. The van der Waals surface area contributed by atoms with Gasteiger partial charge < -0.3 is 56.9 Å². The lowest BCUT2D eigenvalue weighted by Crippen LogP contribution is -2.49. The number of ether oxygens (including phenoxy) is 1. The molecular formula is C34H58ClN5O9. The number of halogens is 1. The van der Waals surface area contributed by atoms with Crippen LogP contribution in [0.4, 0.5) is 5.69 Å². The number of hydrogen-bond acceptors (Lipinski definition) is 11. The standard InChI is InChI=1S/C34H58ClN5O9/c1-22(40-16-13-23(14-17-40)39-34(48)24-18-25(35)26(36)19-29(24)49-2)10-7-8-12-30(44)37-15-9-5-3-4-6-11-31(45)38-20-27(42)32(46)33(47)28(43)21-41/h18-19,22-23,27-28,32-33,41-43,46-47H,3-17,20-21,36H2,1-2H3,(H,37,44)(H,38,45)(H,39,48)/t22?,27-,28+,32+,33+/m0/s1. The molecule has 15 heteroatoms. The fourth-order valence-corrected chi connectivity index (χ4v) is 5.98. The van der Waals surface area contributed by atoms with Crippen LogP contribution >= 0.6 is 11.6 Å². The quantitative estimate of drug-likeness (QED) is 0.0576.